The van der Waals surface area contributed by atoms with Crippen molar-refractivity contribution in [3.05, 3.63) is 42.1 Å². The first kappa shape index (κ1) is 11.6. The van der Waals surface area contributed by atoms with Gasteiger partial charge in [-0.1, -0.05) is 40.2 Å². The number of carbonyl (C=O) groups is 1. The van der Waals surface area contributed by atoms with Crippen molar-refractivity contribution in [2.45, 2.75) is 4.32 Å². The molecule has 2 rings (SSSR count). The number of para-hydroxylation sites is 1. The molecule has 2 aromatic rings. The van der Waals surface area contributed by atoms with Gasteiger partial charge in [0.05, 0.1) is 17.3 Å². The number of nitriles is 1. The fraction of sp³-hybridized carbons (Fsp3) is 0.0833. The molecular weight excluding hydrogens is 282 g/mol. The topological polar surface area (TPSA) is 79.8 Å². The lowest BCUT2D eigenvalue weighted by Gasteiger charge is -2.14. The number of rotatable bonds is 2. The van der Waals surface area contributed by atoms with Crippen LogP contribution in [0.1, 0.15) is 5.69 Å². The van der Waals surface area contributed by atoms with Crippen LogP contribution in [-0.2, 0) is 9.12 Å². The number of aromatic nitrogens is 1. The summed E-state index contributed by atoms with van der Waals surface area (Å²) in [6.07, 6.45) is 0. The maximum Gasteiger partial charge on any atom is 0.255 e. The normalized spacial score (nSPS) is 13.9. The van der Waals surface area contributed by atoms with Crippen molar-refractivity contribution in [2.75, 3.05) is 0 Å². The van der Waals surface area contributed by atoms with E-state index in [9.17, 15) is 4.79 Å². The monoisotopic (exact) mass is 289 g/mol. The van der Waals surface area contributed by atoms with E-state index in [-0.39, 0.29) is 0 Å². The van der Waals surface area contributed by atoms with Crippen molar-refractivity contribution in [1.29, 1.82) is 5.26 Å². The molecule has 1 atom stereocenters. The predicted octanol–water partition coefficient (Wildman–Crippen LogP) is 1.83. The Morgan fingerprint density at radius 3 is 2.71 bits per heavy atom. The number of carbonyl (C=O) groups excluding carboxylic acids is 1. The molecule has 1 heterocycles. The number of pyridine rings is 1. The number of alkyl halides is 1. The number of fused-ring (bicyclic) bond motifs is 1. The molecule has 0 spiro atoms. The number of amides is 1. The van der Waals surface area contributed by atoms with E-state index in [0.717, 1.165) is 5.39 Å². The summed E-state index contributed by atoms with van der Waals surface area (Å²) in [5.74, 6) is -0.775. The Kier molecular flexibility index (Phi) is 2.82. The second-order valence-corrected chi connectivity index (χ2v) is 4.71. The molecule has 1 amide bonds. The number of hydrogen-bond acceptors (Lipinski definition) is 3. The van der Waals surface area contributed by atoms with Gasteiger partial charge < -0.3 is 5.73 Å². The van der Waals surface area contributed by atoms with Crippen LogP contribution >= 0.6 is 15.9 Å². The third-order valence-corrected chi connectivity index (χ3v) is 3.42. The minimum absolute atomic E-state index is 0.297. The van der Waals surface area contributed by atoms with Crippen molar-refractivity contribution in [3.8, 4) is 6.07 Å². The molecule has 84 valence electrons. The van der Waals surface area contributed by atoms with Gasteiger partial charge in [-0.25, -0.2) is 4.98 Å². The summed E-state index contributed by atoms with van der Waals surface area (Å²) in [5, 5.41) is 9.98. The Labute approximate surface area is 106 Å². The molecule has 0 aliphatic carbocycles. The molecule has 4 nitrogen and oxygen atoms in total. The highest BCUT2D eigenvalue weighted by molar-refractivity contribution is 9.10. The lowest BCUT2D eigenvalue weighted by Crippen LogP contribution is -2.35. The summed E-state index contributed by atoms with van der Waals surface area (Å²) < 4.78 is -1.57. The van der Waals surface area contributed by atoms with Crippen LogP contribution in [-0.4, -0.2) is 10.9 Å². The molecule has 1 unspecified atom stereocenters. The Morgan fingerprint density at radius 2 is 2.06 bits per heavy atom. The fourth-order valence-electron chi connectivity index (χ4n) is 1.50. The molecule has 0 aliphatic heterocycles. The molecule has 0 fully saturated rings. The van der Waals surface area contributed by atoms with Gasteiger partial charge in [0.25, 0.3) is 5.91 Å². The molecular formula is C12H8BrN3O. The highest BCUT2D eigenvalue weighted by atomic mass is 79.9. The first-order chi connectivity index (χ1) is 8.08. The summed E-state index contributed by atoms with van der Waals surface area (Å²) in [6, 6.07) is 12.7. The average Bonchev–Trinajstić information content (AvgIpc) is 2.37. The summed E-state index contributed by atoms with van der Waals surface area (Å²) in [7, 11) is 0. The van der Waals surface area contributed by atoms with Crippen LogP contribution in [0.5, 0.6) is 0 Å². The molecule has 0 radical (unpaired) electrons. The third-order valence-electron chi connectivity index (χ3n) is 2.44. The van der Waals surface area contributed by atoms with E-state index in [1.54, 1.807) is 12.1 Å². The first-order valence-electron chi connectivity index (χ1n) is 4.84. The molecule has 5 heteroatoms. The zero-order valence-electron chi connectivity index (χ0n) is 8.72. The van der Waals surface area contributed by atoms with Crippen LogP contribution in [0.3, 0.4) is 0 Å². The second-order valence-electron chi connectivity index (χ2n) is 3.52. The Morgan fingerprint density at radius 1 is 1.35 bits per heavy atom. The molecule has 0 aliphatic rings. The van der Waals surface area contributed by atoms with E-state index in [2.05, 4.69) is 20.9 Å². The van der Waals surface area contributed by atoms with Crippen molar-refractivity contribution >= 4 is 32.7 Å². The van der Waals surface area contributed by atoms with Crippen LogP contribution < -0.4 is 5.73 Å². The van der Waals surface area contributed by atoms with Crippen molar-refractivity contribution in [1.82, 2.24) is 4.98 Å². The Balaban J connectivity index is 2.65. The highest BCUT2D eigenvalue weighted by Gasteiger charge is 2.37. The van der Waals surface area contributed by atoms with E-state index in [0.29, 0.717) is 11.2 Å². The molecule has 0 saturated heterocycles. The van der Waals surface area contributed by atoms with Crippen LogP contribution in [0.2, 0.25) is 0 Å². The smallest absolute Gasteiger partial charge is 0.255 e. The fourth-order valence-corrected chi connectivity index (χ4v) is 1.72. The maximum atomic E-state index is 11.3. The summed E-state index contributed by atoms with van der Waals surface area (Å²) in [6.45, 7) is 0. The number of primary amides is 1. The predicted molar refractivity (Wildman–Crippen MR) is 67.2 cm³/mol. The van der Waals surface area contributed by atoms with E-state index in [1.165, 1.54) is 0 Å². The van der Waals surface area contributed by atoms with Crippen molar-refractivity contribution < 1.29 is 4.79 Å². The SMILES string of the molecule is N#CC(Br)(C(N)=O)c1ccc2ccccc2n1. The second kappa shape index (κ2) is 4.15. The van der Waals surface area contributed by atoms with E-state index in [1.807, 2.05) is 30.3 Å². The number of halogens is 1. The maximum absolute atomic E-state index is 11.3. The first-order valence-corrected chi connectivity index (χ1v) is 5.63. The zero-order valence-corrected chi connectivity index (χ0v) is 10.3. The standard InChI is InChI=1S/C12H8BrN3O/c13-12(7-14,11(15)17)10-6-5-8-3-1-2-4-9(8)16-10/h1-6H,(H2,15,17). The van der Waals surface area contributed by atoms with Gasteiger partial charge in [-0.2, -0.15) is 5.26 Å². The largest absolute Gasteiger partial charge is 0.367 e. The molecule has 1 aromatic carbocycles. The number of hydrogen-bond donors (Lipinski definition) is 1. The Hall–Kier alpha value is -1.93. The van der Waals surface area contributed by atoms with Crippen LogP contribution in [0.4, 0.5) is 0 Å². The van der Waals surface area contributed by atoms with E-state index in [4.69, 9.17) is 11.0 Å². The lowest BCUT2D eigenvalue weighted by molar-refractivity contribution is -0.119. The average molecular weight is 290 g/mol. The van der Waals surface area contributed by atoms with Gasteiger partial charge in [-0.3, -0.25) is 4.79 Å². The van der Waals surface area contributed by atoms with Crippen molar-refractivity contribution in [3.63, 3.8) is 0 Å². The molecule has 0 bridgehead atoms. The summed E-state index contributed by atoms with van der Waals surface area (Å²) >= 11 is 3.04. The van der Waals surface area contributed by atoms with Crippen molar-refractivity contribution in [2.24, 2.45) is 5.73 Å². The zero-order chi connectivity index (χ0) is 12.5. The van der Waals surface area contributed by atoms with Crippen LogP contribution in [0.15, 0.2) is 36.4 Å². The van der Waals surface area contributed by atoms with Gasteiger partial charge in [-0.15, -0.1) is 0 Å². The number of benzene rings is 1. The van der Waals surface area contributed by atoms with Gasteiger partial charge in [0.15, 0.2) is 0 Å². The third kappa shape index (κ3) is 1.87. The van der Waals surface area contributed by atoms with Gasteiger partial charge in [0, 0.05) is 5.39 Å². The van der Waals surface area contributed by atoms with Gasteiger partial charge in [0.2, 0.25) is 4.32 Å². The Bertz CT molecular complexity index is 635. The van der Waals surface area contributed by atoms with Gasteiger partial charge in [-0.05, 0) is 12.1 Å². The lowest BCUT2D eigenvalue weighted by atomic mass is 10.0. The minimum atomic E-state index is -1.57. The summed E-state index contributed by atoms with van der Waals surface area (Å²) in [4.78, 5) is 15.6. The van der Waals surface area contributed by atoms with Gasteiger partial charge in [0.1, 0.15) is 0 Å². The molecule has 1 aromatic heterocycles. The molecule has 0 saturated carbocycles. The number of nitrogens with two attached hydrogens (primary N) is 1. The molecule has 17 heavy (non-hydrogen) atoms. The summed E-state index contributed by atoms with van der Waals surface area (Å²) in [5.41, 5.74) is 6.22. The van der Waals surface area contributed by atoms with E-state index >= 15 is 0 Å². The quantitative estimate of drug-likeness (QED) is 0.857. The van der Waals surface area contributed by atoms with Crippen LogP contribution in [0.25, 0.3) is 10.9 Å². The molecule has 2 N–H and O–H groups in total. The minimum Gasteiger partial charge on any atom is -0.367 e. The van der Waals surface area contributed by atoms with E-state index < -0.39 is 10.2 Å². The number of nitrogens with zero attached hydrogens (tertiary/aromatic N) is 2. The highest BCUT2D eigenvalue weighted by Crippen LogP contribution is 2.30. The van der Waals surface area contributed by atoms with Crippen LogP contribution in [0, 0.1) is 11.3 Å². The van der Waals surface area contributed by atoms with Gasteiger partial charge >= 0.3 is 0 Å².